The predicted octanol–water partition coefficient (Wildman–Crippen LogP) is 2.76. The van der Waals surface area contributed by atoms with Gasteiger partial charge in [0.25, 0.3) is 0 Å². The lowest BCUT2D eigenvalue weighted by Crippen LogP contribution is -2.02. The van der Waals surface area contributed by atoms with E-state index in [-0.39, 0.29) is 0 Å². The van der Waals surface area contributed by atoms with Gasteiger partial charge in [0.15, 0.2) is 0 Å². The summed E-state index contributed by atoms with van der Waals surface area (Å²) in [6.07, 6.45) is 1.82. The Hall–Kier alpha value is -1.04. The molecule has 2 N–H and O–H groups in total. The Labute approximate surface area is 102 Å². The Morgan fingerprint density at radius 1 is 1.33 bits per heavy atom. The summed E-state index contributed by atoms with van der Waals surface area (Å²) in [5.41, 5.74) is 8.00. The average Bonchev–Trinajstić information content (AvgIpc) is 2.61. The maximum atomic E-state index is 5.77. The summed E-state index contributed by atoms with van der Waals surface area (Å²) in [6.45, 7) is 2.90. The first-order chi connectivity index (χ1) is 7.22. The second kappa shape index (κ2) is 4.22. The molecular weight excluding hydrogens is 301 g/mol. The van der Waals surface area contributed by atoms with Crippen LogP contribution in [0.15, 0.2) is 30.5 Å². The van der Waals surface area contributed by atoms with Crippen molar-refractivity contribution in [1.29, 1.82) is 0 Å². The highest BCUT2D eigenvalue weighted by molar-refractivity contribution is 14.1. The molecule has 78 valence electrons. The van der Waals surface area contributed by atoms with E-state index in [2.05, 4.69) is 58.8 Å². The first kappa shape index (κ1) is 10.5. The minimum absolute atomic E-state index is 0.575. The summed E-state index contributed by atoms with van der Waals surface area (Å²) >= 11 is 2.29. The minimum atomic E-state index is 0.575. The summed E-state index contributed by atoms with van der Waals surface area (Å²) in [6, 6.07) is 8.34. The maximum absolute atomic E-state index is 5.77. The fraction of sp³-hybridized carbons (Fsp3) is 0.182. The molecule has 0 spiro atoms. The lowest BCUT2D eigenvalue weighted by Gasteiger charge is -2.06. The van der Waals surface area contributed by atoms with Crippen LogP contribution in [0.5, 0.6) is 0 Å². The molecule has 0 aliphatic carbocycles. The van der Waals surface area contributed by atoms with E-state index in [1.54, 1.807) is 0 Å². The predicted molar refractivity (Wildman–Crippen MR) is 70.5 cm³/mol. The van der Waals surface area contributed by atoms with Crippen LogP contribution in [0.25, 0.3) is 11.3 Å². The summed E-state index contributed by atoms with van der Waals surface area (Å²) in [5.74, 6) is 0.575. The van der Waals surface area contributed by atoms with Crippen molar-refractivity contribution in [3.05, 3.63) is 34.0 Å². The fourth-order valence-corrected chi connectivity index (χ4v) is 1.93. The van der Waals surface area contributed by atoms with E-state index in [0.29, 0.717) is 5.95 Å². The highest BCUT2D eigenvalue weighted by Gasteiger charge is 2.07. The third-order valence-electron chi connectivity index (χ3n) is 2.34. The van der Waals surface area contributed by atoms with Gasteiger partial charge in [-0.15, -0.1) is 0 Å². The summed E-state index contributed by atoms with van der Waals surface area (Å²) in [4.78, 5) is 4.13. The molecule has 0 bridgehead atoms. The second-order valence-corrected chi connectivity index (χ2v) is 4.50. The number of hydrogen-bond acceptors (Lipinski definition) is 2. The van der Waals surface area contributed by atoms with E-state index in [4.69, 9.17) is 5.73 Å². The van der Waals surface area contributed by atoms with Gasteiger partial charge in [-0.1, -0.05) is 12.1 Å². The van der Waals surface area contributed by atoms with Crippen LogP contribution in [0.2, 0.25) is 0 Å². The van der Waals surface area contributed by atoms with Gasteiger partial charge in [0.2, 0.25) is 5.95 Å². The van der Waals surface area contributed by atoms with Crippen molar-refractivity contribution in [3.63, 3.8) is 0 Å². The highest BCUT2D eigenvalue weighted by Crippen LogP contribution is 2.22. The molecule has 15 heavy (non-hydrogen) atoms. The molecule has 0 aliphatic heterocycles. The first-order valence-electron chi connectivity index (χ1n) is 4.79. The second-order valence-electron chi connectivity index (χ2n) is 3.25. The molecule has 3 nitrogen and oxygen atoms in total. The SMILES string of the molecule is CCn1c(-c2ccc(I)cc2)cnc1N. The Bertz CT molecular complexity index is 459. The van der Waals surface area contributed by atoms with Crippen molar-refractivity contribution in [3.8, 4) is 11.3 Å². The molecule has 0 amide bonds. The van der Waals surface area contributed by atoms with Gasteiger partial charge >= 0.3 is 0 Å². The molecule has 2 aromatic rings. The fourth-order valence-electron chi connectivity index (χ4n) is 1.57. The third kappa shape index (κ3) is 1.99. The smallest absolute Gasteiger partial charge is 0.200 e. The van der Waals surface area contributed by atoms with Gasteiger partial charge in [0.05, 0.1) is 11.9 Å². The average molecular weight is 313 g/mol. The van der Waals surface area contributed by atoms with E-state index in [9.17, 15) is 0 Å². The molecule has 0 aliphatic rings. The molecule has 4 heteroatoms. The van der Waals surface area contributed by atoms with Gasteiger partial charge < -0.3 is 10.3 Å². The van der Waals surface area contributed by atoms with E-state index < -0.39 is 0 Å². The molecule has 1 aromatic heterocycles. The van der Waals surface area contributed by atoms with Crippen molar-refractivity contribution in [2.75, 3.05) is 5.73 Å². The Balaban J connectivity index is 2.49. The van der Waals surface area contributed by atoms with Crippen molar-refractivity contribution in [2.24, 2.45) is 0 Å². The quantitative estimate of drug-likeness (QED) is 0.867. The zero-order valence-electron chi connectivity index (χ0n) is 8.44. The minimum Gasteiger partial charge on any atom is -0.369 e. The monoisotopic (exact) mass is 313 g/mol. The number of benzene rings is 1. The number of nitrogen functional groups attached to an aromatic ring is 1. The summed E-state index contributed by atoms with van der Waals surface area (Å²) in [7, 11) is 0. The lowest BCUT2D eigenvalue weighted by molar-refractivity contribution is 0.781. The number of hydrogen-bond donors (Lipinski definition) is 1. The largest absolute Gasteiger partial charge is 0.369 e. The van der Waals surface area contributed by atoms with E-state index in [0.717, 1.165) is 17.8 Å². The zero-order valence-corrected chi connectivity index (χ0v) is 10.6. The normalized spacial score (nSPS) is 10.5. The van der Waals surface area contributed by atoms with Crippen LogP contribution in [0, 0.1) is 3.57 Å². The standard InChI is InChI=1S/C11H12IN3/c1-2-15-10(7-14-11(15)13)8-3-5-9(12)6-4-8/h3-7H,2H2,1H3,(H2,13,14). The highest BCUT2D eigenvalue weighted by atomic mass is 127. The van der Waals surface area contributed by atoms with Crippen LogP contribution in [0.1, 0.15) is 6.92 Å². The van der Waals surface area contributed by atoms with Crippen molar-refractivity contribution >= 4 is 28.5 Å². The van der Waals surface area contributed by atoms with Gasteiger partial charge in [0, 0.05) is 10.1 Å². The number of nitrogens with two attached hydrogens (primary N) is 1. The Morgan fingerprint density at radius 2 is 2.00 bits per heavy atom. The molecule has 0 atom stereocenters. The van der Waals surface area contributed by atoms with Crippen LogP contribution in [-0.4, -0.2) is 9.55 Å². The molecule has 0 fully saturated rings. The molecule has 0 radical (unpaired) electrons. The van der Waals surface area contributed by atoms with E-state index >= 15 is 0 Å². The molecule has 0 saturated carbocycles. The topological polar surface area (TPSA) is 43.8 Å². The molecule has 2 rings (SSSR count). The number of imidazole rings is 1. The number of aromatic nitrogens is 2. The van der Waals surface area contributed by atoms with Gasteiger partial charge in [-0.3, -0.25) is 0 Å². The van der Waals surface area contributed by atoms with E-state index in [1.165, 1.54) is 3.57 Å². The molecule has 0 unspecified atom stereocenters. The van der Waals surface area contributed by atoms with Crippen LogP contribution < -0.4 is 5.73 Å². The lowest BCUT2D eigenvalue weighted by atomic mass is 10.2. The summed E-state index contributed by atoms with van der Waals surface area (Å²) < 4.78 is 3.23. The molecule has 1 aromatic carbocycles. The number of rotatable bonds is 2. The molecule has 1 heterocycles. The Morgan fingerprint density at radius 3 is 2.60 bits per heavy atom. The third-order valence-corrected chi connectivity index (χ3v) is 3.06. The number of nitrogens with zero attached hydrogens (tertiary/aromatic N) is 2. The van der Waals surface area contributed by atoms with Crippen LogP contribution in [0.4, 0.5) is 5.95 Å². The molecule has 0 saturated heterocycles. The van der Waals surface area contributed by atoms with Crippen molar-refractivity contribution in [2.45, 2.75) is 13.5 Å². The Kier molecular flexibility index (Phi) is 2.95. The number of halogens is 1. The van der Waals surface area contributed by atoms with Gasteiger partial charge in [0.1, 0.15) is 0 Å². The van der Waals surface area contributed by atoms with Gasteiger partial charge in [-0.2, -0.15) is 0 Å². The van der Waals surface area contributed by atoms with Crippen LogP contribution in [-0.2, 0) is 6.54 Å². The van der Waals surface area contributed by atoms with Gasteiger partial charge in [-0.25, -0.2) is 4.98 Å². The van der Waals surface area contributed by atoms with Crippen LogP contribution in [0.3, 0.4) is 0 Å². The summed E-state index contributed by atoms with van der Waals surface area (Å²) in [5, 5.41) is 0. The van der Waals surface area contributed by atoms with Crippen LogP contribution >= 0.6 is 22.6 Å². The molecular formula is C11H12IN3. The van der Waals surface area contributed by atoms with Crippen molar-refractivity contribution in [1.82, 2.24) is 9.55 Å². The van der Waals surface area contributed by atoms with E-state index in [1.807, 2.05) is 10.8 Å². The van der Waals surface area contributed by atoms with Gasteiger partial charge in [-0.05, 0) is 47.2 Å². The maximum Gasteiger partial charge on any atom is 0.200 e. The number of anilines is 1. The van der Waals surface area contributed by atoms with Crippen molar-refractivity contribution < 1.29 is 0 Å². The first-order valence-corrected chi connectivity index (χ1v) is 5.87. The zero-order chi connectivity index (χ0) is 10.8.